The summed E-state index contributed by atoms with van der Waals surface area (Å²) in [6.07, 6.45) is 3.45. The van der Waals surface area contributed by atoms with Crippen LogP contribution >= 0.6 is 0 Å². The Morgan fingerprint density at radius 1 is 1.29 bits per heavy atom. The van der Waals surface area contributed by atoms with Gasteiger partial charge in [-0.3, -0.25) is 19.4 Å². The molecule has 112 valence electrons. The highest BCUT2D eigenvalue weighted by Gasteiger charge is 2.10. The van der Waals surface area contributed by atoms with Crippen LogP contribution in [0.25, 0.3) is 0 Å². The lowest BCUT2D eigenvalue weighted by Gasteiger charge is -2.10. The van der Waals surface area contributed by atoms with Gasteiger partial charge in [0.1, 0.15) is 12.4 Å². The molecule has 0 aliphatic rings. The van der Waals surface area contributed by atoms with Crippen molar-refractivity contribution in [3.8, 4) is 5.75 Å². The van der Waals surface area contributed by atoms with E-state index in [-0.39, 0.29) is 12.3 Å². The van der Waals surface area contributed by atoms with E-state index in [9.17, 15) is 9.59 Å². The number of carbonyl (C=O) groups is 1. The standard InChI is InChI=1S/C14H18N4O3/c1-2-17-7-8-18(14(17)20)9-10-21-12-6-4-3-5-11(12)13(19)16-15/h3-8H,2,9-10,15H2,1H3,(H,16,19). The number of carbonyl (C=O) groups excluding carboxylic acids is 1. The molecule has 0 saturated heterocycles. The molecule has 1 aromatic heterocycles. The van der Waals surface area contributed by atoms with Crippen LogP contribution in [0.15, 0.2) is 41.5 Å². The van der Waals surface area contributed by atoms with E-state index < -0.39 is 5.91 Å². The van der Waals surface area contributed by atoms with Gasteiger partial charge in [0.05, 0.1) is 12.1 Å². The van der Waals surface area contributed by atoms with Gasteiger partial charge >= 0.3 is 5.69 Å². The normalized spacial score (nSPS) is 10.4. The molecular formula is C14H18N4O3. The van der Waals surface area contributed by atoms with Gasteiger partial charge in [0, 0.05) is 18.9 Å². The van der Waals surface area contributed by atoms with Gasteiger partial charge in [-0.15, -0.1) is 0 Å². The molecule has 7 nitrogen and oxygen atoms in total. The van der Waals surface area contributed by atoms with E-state index in [1.165, 1.54) is 0 Å². The summed E-state index contributed by atoms with van der Waals surface area (Å²) in [7, 11) is 0. The lowest BCUT2D eigenvalue weighted by Crippen LogP contribution is -2.30. The predicted octanol–water partition coefficient (Wildman–Crippen LogP) is 0.352. The van der Waals surface area contributed by atoms with Crippen LogP contribution in [-0.4, -0.2) is 21.6 Å². The summed E-state index contributed by atoms with van der Waals surface area (Å²) < 4.78 is 8.75. The van der Waals surface area contributed by atoms with Crippen LogP contribution < -0.4 is 21.7 Å². The van der Waals surface area contributed by atoms with Gasteiger partial charge in [0.15, 0.2) is 0 Å². The second-order valence-corrected chi connectivity index (χ2v) is 4.38. The minimum atomic E-state index is -0.417. The number of nitrogens with zero attached hydrogens (tertiary/aromatic N) is 2. The number of amides is 1. The maximum Gasteiger partial charge on any atom is 0.328 e. The van der Waals surface area contributed by atoms with Gasteiger partial charge in [-0.1, -0.05) is 12.1 Å². The molecule has 0 spiro atoms. The minimum absolute atomic E-state index is 0.0749. The molecule has 0 atom stereocenters. The van der Waals surface area contributed by atoms with Crippen molar-refractivity contribution in [3.05, 3.63) is 52.7 Å². The molecule has 0 bridgehead atoms. The molecule has 0 unspecified atom stereocenters. The van der Waals surface area contributed by atoms with Crippen LogP contribution in [0.2, 0.25) is 0 Å². The van der Waals surface area contributed by atoms with Crippen molar-refractivity contribution in [1.82, 2.24) is 14.6 Å². The van der Waals surface area contributed by atoms with Crippen LogP contribution in [-0.2, 0) is 13.1 Å². The number of para-hydroxylation sites is 1. The maximum atomic E-state index is 11.9. The summed E-state index contributed by atoms with van der Waals surface area (Å²) in [5, 5.41) is 0. The highest BCUT2D eigenvalue weighted by atomic mass is 16.5. The fourth-order valence-electron chi connectivity index (χ4n) is 1.98. The summed E-state index contributed by atoms with van der Waals surface area (Å²) >= 11 is 0. The minimum Gasteiger partial charge on any atom is -0.491 e. The Bertz CT molecular complexity index is 675. The lowest BCUT2D eigenvalue weighted by atomic mass is 10.2. The quantitative estimate of drug-likeness (QED) is 0.456. The molecule has 2 aromatic rings. The number of aromatic nitrogens is 2. The Morgan fingerprint density at radius 2 is 2.00 bits per heavy atom. The summed E-state index contributed by atoms with van der Waals surface area (Å²) in [5.41, 5.74) is 2.36. The van der Waals surface area contributed by atoms with Gasteiger partial charge in [0.2, 0.25) is 0 Å². The van der Waals surface area contributed by atoms with Crippen LogP contribution in [0.3, 0.4) is 0 Å². The fraction of sp³-hybridized carbons (Fsp3) is 0.286. The average Bonchev–Trinajstić information content (AvgIpc) is 2.87. The van der Waals surface area contributed by atoms with Crippen molar-refractivity contribution in [2.24, 2.45) is 5.84 Å². The molecule has 1 aromatic carbocycles. The van der Waals surface area contributed by atoms with Crippen molar-refractivity contribution in [2.45, 2.75) is 20.0 Å². The highest BCUT2D eigenvalue weighted by molar-refractivity contribution is 5.96. The summed E-state index contributed by atoms with van der Waals surface area (Å²) in [5.74, 6) is 5.14. The Kier molecular flexibility index (Phi) is 4.78. The largest absolute Gasteiger partial charge is 0.491 e. The molecule has 0 radical (unpaired) electrons. The number of rotatable bonds is 6. The first-order chi connectivity index (χ1) is 10.2. The number of benzene rings is 1. The topological polar surface area (TPSA) is 91.3 Å². The Labute approximate surface area is 121 Å². The molecule has 21 heavy (non-hydrogen) atoms. The monoisotopic (exact) mass is 290 g/mol. The molecule has 0 aliphatic carbocycles. The molecule has 1 amide bonds. The van der Waals surface area contributed by atoms with Crippen LogP contribution in [0.1, 0.15) is 17.3 Å². The zero-order valence-corrected chi connectivity index (χ0v) is 11.8. The van der Waals surface area contributed by atoms with Gasteiger partial charge in [-0.25, -0.2) is 10.6 Å². The average molecular weight is 290 g/mol. The Morgan fingerprint density at radius 3 is 2.67 bits per heavy atom. The smallest absolute Gasteiger partial charge is 0.328 e. The van der Waals surface area contributed by atoms with E-state index in [1.807, 2.05) is 6.92 Å². The molecule has 3 N–H and O–H groups in total. The van der Waals surface area contributed by atoms with E-state index in [1.54, 1.807) is 45.8 Å². The zero-order valence-electron chi connectivity index (χ0n) is 11.8. The number of ether oxygens (including phenoxy) is 1. The van der Waals surface area contributed by atoms with Crippen molar-refractivity contribution in [3.63, 3.8) is 0 Å². The first-order valence-corrected chi connectivity index (χ1v) is 6.65. The SMILES string of the molecule is CCn1ccn(CCOc2ccccc2C(=O)NN)c1=O. The van der Waals surface area contributed by atoms with Gasteiger partial charge in [-0.05, 0) is 19.1 Å². The van der Waals surface area contributed by atoms with E-state index in [2.05, 4.69) is 5.43 Å². The first kappa shape index (κ1) is 14.9. The van der Waals surface area contributed by atoms with E-state index in [0.29, 0.717) is 24.4 Å². The Hall–Kier alpha value is -2.54. The third-order valence-corrected chi connectivity index (χ3v) is 3.11. The predicted molar refractivity (Wildman–Crippen MR) is 78.0 cm³/mol. The number of nitrogens with two attached hydrogens (primary N) is 1. The summed E-state index contributed by atoms with van der Waals surface area (Å²) in [6, 6.07) is 6.80. The number of hydrogen-bond donors (Lipinski definition) is 2. The third kappa shape index (κ3) is 3.32. The fourth-order valence-corrected chi connectivity index (χ4v) is 1.98. The molecule has 0 aliphatic heterocycles. The number of hydrazine groups is 1. The molecule has 1 heterocycles. The number of hydrogen-bond acceptors (Lipinski definition) is 4. The number of nitrogens with one attached hydrogen (secondary N) is 1. The van der Waals surface area contributed by atoms with Crippen molar-refractivity contribution >= 4 is 5.91 Å². The number of nitrogen functional groups attached to an aromatic ring is 1. The van der Waals surface area contributed by atoms with Crippen molar-refractivity contribution in [2.75, 3.05) is 6.61 Å². The maximum absolute atomic E-state index is 11.9. The molecule has 0 saturated carbocycles. The van der Waals surface area contributed by atoms with Crippen LogP contribution in [0, 0.1) is 0 Å². The lowest BCUT2D eigenvalue weighted by molar-refractivity contribution is 0.0949. The molecular weight excluding hydrogens is 272 g/mol. The zero-order chi connectivity index (χ0) is 15.2. The van der Waals surface area contributed by atoms with E-state index >= 15 is 0 Å². The highest BCUT2D eigenvalue weighted by Crippen LogP contribution is 2.17. The van der Waals surface area contributed by atoms with Gasteiger partial charge in [-0.2, -0.15) is 0 Å². The summed E-state index contributed by atoms with van der Waals surface area (Å²) in [4.78, 5) is 23.4. The van der Waals surface area contributed by atoms with Gasteiger partial charge < -0.3 is 4.74 Å². The Balaban J connectivity index is 2.02. The number of aryl methyl sites for hydroxylation is 1. The van der Waals surface area contributed by atoms with Gasteiger partial charge in [0.25, 0.3) is 5.91 Å². The second kappa shape index (κ2) is 6.76. The number of imidazole rings is 1. The molecule has 0 fully saturated rings. The first-order valence-electron chi connectivity index (χ1n) is 6.65. The van der Waals surface area contributed by atoms with Crippen molar-refractivity contribution in [1.29, 1.82) is 0 Å². The van der Waals surface area contributed by atoms with E-state index in [4.69, 9.17) is 10.6 Å². The molecule has 7 heteroatoms. The molecule has 2 rings (SSSR count). The van der Waals surface area contributed by atoms with Crippen LogP contribution in [0.4, 0.5) is 0 Å². The van der Waals surface area contributed by atoms with Crippen molar-refractivity contribution < 1.29 is 9.53 Å². The van der Waals surface area contributed by atoms with E-state index in [0.717, 1.165) is 0 Å². The second-order valence-electron chi connectivity index (χ2n) is 4.38. The third-order valence-electron chi connectivity index (χ3n) is 3.11. The summed E-state index contributed by atoms with van der Waals surface area (Å²) in [6.45, 7) is 3.23. The van der Waals surface area contributed by atoms with Crippen LogP contribution in [0.5, 0.6) is 5.75 Å².